The largest absolute Gasteiger partial charge is 0.433 e. The predicted molar refractivity (Wildman–Crippen MR) is 96.2 cm³/mol. The van der Waals surface area contributed by atoms with Gasteiger partial charge in [0.25, 0.3) is 6.43 Å². The topological polar surface area (TPSA) is 72.2 Å². The molecule has 6 nitrogen and oxygen atoms in total. The second kappa shape index (κ2) is 6.71. The molecule has 0 bridgehead atoms. The maximum absolute atomic E-state index is 13.1. The number of rotatable bonds is 3. The van der Waals surface area contributed by atoms with Crippen LogP contribution >= 0.6 is 0 Å². The van der Waals surface area contributed by atoms with Gasteiger partial charge >= 0.3 is 6.18 Å². The molecule has 0 spiro atoms. The van der Waals surface area contributed by atoms with Gasteiger partial charge in [0.15, 0.2) is 5.65 Å². The summed E-state index contributed by atoms with van der Waals surface area (Å²) in [4.78, 5) is 20.3. The van der Waals surface area contributed by atoms with Gasteiger partial charge in [-0.3, -0.25) is 9.78 Å². The Bertz CT molecular complexity index is 1140. The minimum Gasteiger partial charge on any atom is -0.325 e. The van der Waals surface area contributed by atoms with Crippen LogP contribution in [0.25, 0.3) is 5.65 Å². The van der Waals surface area contributed by atoms with Gasteiger partial charge in [-0.05, 0) is 18.6 Å². The molecule has 11 heteroatoms. The van der Waals surface area contributed by atoms with Crippen molar-refractivity contribution in [1.82, 2.24) is 19.6 Å². The second-order valence-corrected chi connectivity index (χ2v) is 7.76. The number of halogens is 5. The fourth-order valence-corrected chi connectivity index (χ4v) is 3.85. The zero-order chi connectivity index (χ0) is 21.8. The van der Waals surface area contributed by atoms with E-state index in [0.717, 1.165) is 12.3 Å². The van der Waals surface area contributed by atoms with Gasteiger partial charge in [0.1, 0.15) is 11.4 Å². The summed E-state index contributed by atoms with van der Waals surface area (Å²) in [5.74, 6) is -1.25. The highest BCUT2D eigenvalue weighted by Crippen LogP contribution is 2.46. The third-order valence-electron chi connectivity index (χ3n) is 5.12. The lowest BCUT2D eigenvalue weighted by Gasteiger charge is -2.19. The number of aromatic nitrogens is 4. The lowest BCUT2D eigenvalue weighted by molar-refractivity contribution is -0.141. The van der Waals surface area contributed by atoms with Crippen molar-refractivity contribution in [2.45, 2.75) is 44.2 Å². The van der Waals surface area contributed by atoms with Gasteiger partial charge in [0.05, 0.1) is 11.6 Å². The number of amides is 1. The van der Waals surface area contributed by atoms with E-state index >= 15 is 0 Å². The molecule has 1 aliphatic rings. The van der Waals surface area contributed by atoms with Crippen LogP contribution in [0.3, 0.4) is 0 Å². The number of nitrogens with zero attached hydrogens (tertiary/aromatic N) is 4. The summed E-state index contributed by atoms with van der Waals surface area (Å²) >= 11 is 0. The molecule has 0 aromatic carbocycles. The number of anilines is 1. The van der Waals surface area contributed by atoms with Crippen LogP contribution in [0.5, 0.6) is 0 Å². The maximum Gasteiger partial charge on any atom is 0.433 e. The molecule has 3 aromatic rings. The van der Waals surface area contributed by atoms with Crippen LogP contribution in [0.2, 0.25) is 0 Å². The quantitative estimate of drug-likeness (QED) is 0.628. The van der Waals surface area contributed by atoms with E-state index < -0.39 is 41.2 Å². The summed E-state index contributed by atoms with van der Waals surface area (Å²) in [7, 11) is 0. The fraction of sp³-hybridized carbons (Fsp3) is 0.368. The van der Waals surface area contributed by atoms with E-state index in [4.69, 9.17) is 0 Å². The molecule has 1 N–H and O–H groups in total. The van der Waals surface area contributed by atoms with E-state index in [1.807, 2.05) is 13.8 Å². The summed E-state index contributed by atoms with van der Waals surface area (Å²) in [5.41, 5.74) is -0.865. The first-order chi connectivity index (χ1) is 14.0. The smallest absolute Gasteiger partial charge is 0.325 e. The summed E-state index contributed by atoms with van der Waals surface area (Å²) in [6.07, 6.45) is -4.68. The standard InChI is InChI=1S/C19H16F5N5O/c1-18(2)7-10(17(30)27-9-3-4-25-13(5-9)19(22,23)24)11-8-26-14-6-12(16(20)21)28-29(14)15(11)18/h3-6,8,10,16H,7H2,1-2H3,(H,25,27,30)/t10-/m1/s1. The number of fused-ring (bicyclic) bond motifs is 3. The molecule has 158 valence electrons. The molecule has 1 aliphatic carbocycles. The Kier molecular flexibility index (Phi) is 4.51. The summed E-state index contributed by atoms with van der Waals surface area (Å²) in [6, 6.07) is 3.20. The van der Waals surface area contributed by atoms with E-state index in [-0.39, 0.29) is 11.3 Å². The van der Waals surface area contributed by atoms with Gasteiger partial charge in [-0.15, -0.1) is 0 Å². The molecule has 1 amide bonds. The highest BCUT2D eigenvalue weighted by atomic mass is 19.4. The molecule has 0 saturated carbocycles. The van der Waals surface area contributed by atoms with E-state index in [1.165, 1.54) is 22.8 Å². The maximum atomic E-state index is 13.1. The van der Waals surface area contributed by atoms with Crippen LogP contribution in [0.15, 0.2) is 30.6 Å². The summed E-state index contributed by atoms with van der Waals surface area (Å²) in [5, 5.41) is 6.43. The van der Waals surface area contributed by atoms with E-state index in [2.05, 4.69) is 20.4 Å². The molecule has 3 aromatic heterocycles. The van der Waals surface area contributed by atoms with E-state index in [1.54, 1.807) is 0 Å². The van der Waals surface area contributed by atoms with Gasteiger partial charge in [-0.1, -0.05) is 13.8 Å². The van der Waals surface area contributed by atoms with Crippen molar-refractivity contribution in [2.24, 2.45) is 0 Å². The normalized spacial score (nSPS) is 18.1. The lowest BCUT2D eigenvalue weighted by Crippen LogP contribution is -2.22. The van der Waals surface area contributed by atoms with Crippen molar-refractivity contribution in [3.05, 3.63) is 53.2 Å². The molecule has 0 fully saturated rings. The van der Waals surface area contributed by atoms with Crippen molar-refractivity contribution in [3.8, 4) is 0 Å². The van der Waals surface area contributed by atoms with E-state index in [0.29, 0.717) is 17.7 Å². The molecule has 0 aliphatic heterocycles. The summed E-state index contributed by atoms with van der Waals surface area (Å²) < 4.78 is 66.0. The first kappa shape index (κ1) is 20.2. The number of carbonyl (C=O) groups excluding carboxylic acids is 1. The molecule has 0 saturated heterocycles. The number of carbonyl (C=O) groups is 1. The van der Waals surface area contributed by atoms with Gasteiger partial charge in [0, 0.05) is 35.1 Å². The molecule has 30 heavy (non-hydrogen) atoms. The molecule has 0 unspecified atom stereocenters. The van der Waals surface area contributed by atoms with Crippen molar-refractivity contribution in [1.29, 1.82) is 0 Å². The Labute approximate surface area is 167 Å². The predicted octanol–water partition coefficient (Wildman–Crippen LogP) is 4.48. The Morgan fingerprint density at radius 2 is 2.00 bits per heavy atom. The van der Waals surface area contributed by atoms with Gasteiger partial charge in [-0.25, -0.2) is 18.3 Å². The zero-order valence-electron chi connectivity index (χ0n) is 15.8. The Balaban J connectivity index is 1.69. The minimum absolute atomic E-state index is 0.0401. The second-order valence-electron chi connectivity index (χ2n) is 7.76. The highest BCUT2D eigenvalue weighted by Gasteiger charge is 2.43. The SMILES string of the molecule is CC1(C)C[C@@H](C(=O)Nc2ccnc(C(F)(F)F)c2)c2cnc3cc(C(F)F)nn3c21. The molecular formula is C19H16F5N5O. The first-order valence-electron chi connectivity index (χ1n) is 8.99. The number of hydrogen-bond donors (Lipinski definition) is 1. The Morgan fingerprint density at radius 3 is 2.67 bits per heavy atom. The van der Waals surface area contributed by atoms with Gasteiger partial charge in [0.2, 0.25) is 5.91 Å². The molecule has 1 atom stereocenters. The average Bonchev–Trinajstić information content (AvgIpc) is 3.20. The van der Waals surface area contributed by atoms with Crippen molar-refractivity contribution in [2.75, 3.05) is 5.32 Å². The minimum atomic E-state index is -4.64. The number of alkyl halides is 5. The third-order valence-corrected chi connectivity index (χ3v) is 5.12. The number of hydrogen-bond acceptors (Lipinski definition) is 4. The molecular weight excluding hydrogens is 409 g/mol. The molecule has 4 rings (SSSR count). The number of pyridine rings is 1. The Hall–Kier alpha value is -3.11. The highest BCUT2D eigenvalue weighted by molar-refractivity contribution is 5.96. The summed E-state index contributed by atoms with van der Waals surface area (Å²) in [6.45, 7) is 3.69. The van der Waals surface area contributed by atoms with Crippen LogP contribution in [-0.2, 0) is 16.4 Å². The zero-order valence-corrected chi connectivity index (χ0v) is 15.8. The monoisotopic (exact) mass is 425 g/mol. The van der Waals surface area contributed by atoms with Crippen LogP contribution in [0, 0.1) is 0 Å². The van der Waals surface area contributed by atoms with Crippen molar-refractivity contribution >= 4 is 17.2 Å². The number of nitrogens with one attached hydrogen (secondary N) is 1. The van der Waals surface area contributed by atoms with Gasteiger partial charge in [-0.2, -0.15) is 18.3 Å². The van der Waals surface area contributed by atoms with Crippen LogP contribution in [0.1, 0.15) is 55.3 Å². The van der Waals surface area contributed by atoms with Crippen LogP contribution in [-0.4, -0.2) is 25.5 Å². The van der Waals surface area contributed by atoms with E-state index in [9.17, 15) is 26.7 Å². The van der Waals surface area contributed by atoms with Crippen molar-refractivity contribution in [3.63, 3.8) is 0 Å². The fourth-order valence-electron chi connectivity index (χ4n) is 3.85. The van der Waals surface area contributed by atoms with Gasteiger partial charge < -0.3 is 5.32 Å². The molecule has 3 heterocycles. The third kappa shape index (κ3) is 3.37. The van der Waals surface area contributed by atoms with Crippen LogP contribution < -0.4 is 5.32 Å². The average molecular weight is 425 g/mol. The van der Waals surface area contributed by atoms with Crippen LogP contribution in [0.4, 0.5) is 27.6 Å². The Morgan fingerprint density at radius 1 is 1.27 bits per heavy atom. The lowest BCUT2D eigenvalue weighted by atomic mass is 9.88. The molecule has 0 radical (unpaired) electrons. The van der Waals surface area contributed by atoms with Crippen molar-refractivity contribution < 1.29 is 26.7 Å². The first-order valence-corrected chi connectivity index (χ1v) is 8.99.